The molecule has 0 fully saturated rings. The molecular weight excluding hydrogens is 245 g/mol. The molecule has 4 nitrogen and oxygen atoms in total. The van der Waals surface area contributed by atoms with Gasteiger partial charge in [0, 0.05) is 18.0 Å². The van der Waals surface area contributed by atoms with Crippen LogP contribution in [0.1, 0.15) is 5.69 Å². The van der Waals surface area contributed by atoms with Crippen LogP contribution in [0, 0.1) is 12.7 Å². The third kappa shape index (κ3) is 1.74. The Balaban J connectivity index is 2.33. The van der Waals surface area contributed by atoms with E-state index in [0.29, 0.717) is 16.8 Å². The fourth-order valence-electron chi connectivity index (χ4n) is 2.17. The number of hydrogen-bond acceptors (Lipinski definition) is 3. The van der Waals surface area contributed by atoms with E-state index in [1.54, 1.807) is 41.2 Å². The summed E-state index contributed by atoms with van der Waals surface area (Å²) in [5.41, 5.74) is 2.50. The minimum Gasteiger partial charge on any atom is -0.494 e. The normalized spacial score (nSPS) is 10.9. The van der Waals surface area contributed by atoms with Crippen molar-refractivity contribution in [2.24, 2.45) is 0 Å². The third-order valence-electron chi connectivity index (χ3n) is 3.02. The van der Waals surface area contributed by atoms with Gasteiger partial charge in [-0.25, -0.2) is 13.9 Å². The van der Waals surface area contributed by atoms with E-state index in [1.807, 2.05) is 6.92 Å². The summed E-state index contributed by atoms with van der Waals surface area (Å²) in [5.74, 6) is -0.180. The van der Waals surface area contributed by atoms with Gasteiger partial charge in [0.15, 0.2) is 17.2 Å². The summed E-state index contributed by atoms with van der Waals surface area (Å²) in [6.45, 7) is 1.84. The van der Waals surface area contributed by atoms with Gasteiger partial charge in [-0.1, -0.05) is 12.1 Å². The highest BCUT2D eigenvalue weighted by molar-refractivity contribution is 5.80. The Bertz CT molecular complexity index is 752. The van der Waals surface area contributed by atoms with Crippen LogP contribution in [0.25, 0.3) is 16.8 Å². The molecule has 0 saturated carbocycles. The lowest BCUT2D eigenvalue weighted by molar-refractivity contribution is 0.387. The van der Waals surface area contributed by atoms with Gasteiger partial charge in [0.2, 0.25) is 0 Å². The van der Waals surface area contributed by atoms with Crippen molar-refractivity contribution in [1.82, 2.24) is 14.6 Å². The number of fused-ring (bicyclic) bond motifs is 1. The molecule has 0 bridgehead atoms. The second kappa shape index (κ2) is 4.35. The largest absolute Gasteiger partial charge is 0.494 e. The molecular formula is C14H12FN3O. The SMILES string of the molecule is COc1cccc(-c2c(C)nn3cccnc23)c1F. The summed E-state index contributed by atoms with van der Waals surface area (Å²) in [6, 6.07) is 6.83. The number of benzene rings is 1. The second-order valence-electron chi connectivity index (χ2n) is 4.17. The Kier molecular flexibility index (Phi) is 2.67. The van der Waals surface area contributed by atoms with Crippen LogP contribution in [0.15, 0.2) is 36.7 Å². The molecule has 0 N–H and O–H groups in total. The van der Waals surface area contributed by atoms with Crippen LogP contribution in [0.5, 0.6) is 5.75 Å². The molecule has 1 aromatic carbocycles. The first-order valence-corrected chi connectivity index (χ1v) is 5.85. The molecule has 0 aliphatic rings. The highest BCUT2D eigenvalue weighted by Gasteiger charge is 2.18. The minimum absolute atomic E-state index is 0.215. The van der Waals surface area contributed by atoms with E-state index in [-0.39, 0.29) is 5.75 Å². The quantitative estimate of drug-likeness (QED) is 0.708. The standard InChI is InChI=1S/C14H12FN3O/c1-9-12(14-16-7-4-8-18(14)17-9)10-5-3-6-11(19-2)13(10)15/h3-8H,1-2H3. The number of aryl methyl sites for hydroxylation is 1. The maximum atomic E-state index is 14.4. The molecule has 0 atom stereocenters. The summed E-state index contributed by atoms with van der Waals surface area (Å²) in [4.78, 5) is 4.27. The van der Waals surface area contributed by atoms with Gasteiger partial charge in [-0.3, -0.25) is 0 Å². The summed E-state index contributed by atoms with van der Waals surface area (Å²) < 4.78 is 21.0. The van der Waals surface area contributed by atoms with Gasteiger partial charge in [0.1, 0.15) is 0 Å². The molecule has 3 aromatic rings. The van der Waals surface area contributed by atoms with E-state index in [4.69, 9.17) is 4.74 Å². The molecule has 0 aliphatic carbocycles. The molecule has 5 heteroatoms. The van der Waals surface area contributed by atoms with Gasteiger partial charge in [-0.15, -0.1) is 0 Å². The van der Waals surface area contributed by atoms with Gasteiger partial charge in [-0.2, -0.15) is 5.10 Å². The van der Waals surface area contributed by atoms with Crippen LogP contribution in [0.2, 0.25) is 0 Å². The van der Waals surface area contributed by atoms with Crippen molar-refractivity contribution in [2.75, 3.05) is 7.11 Å². The van der Waals surface area contributed by atoms with Crippen molar-refractivity contribution < 1.29 is 9.13 Å². The zero-order valence-electron chi connectivity index (χ0n) is 10.6. The van der Waals surface area contributed by atoms with Crippen LogP contribution >= 0.6 is 0 Å². The van der Waals surface area contributed by atoms with Crippen LogP contribution < -0.4 is 4.74 Å². The Morgan fingerprint density at radius 2 is 2.11 bits per heavy atom. The first-order chi connectivity index (χ1) is 9.22. The van der Waals surface area contributed by atoms with E-state index in [9.17, 15) is 4.39 Å². The average molecular weight is 257 g/mol. The third-order valence-corrected chi connectivity index (χ3v) is 3.02. The Hall–Kier alpha value is -2.43. The molecule has 3 rings (SSSR count). The smallest absolute Gasteiger partial charge is 0.173 e. The lowest BCUT2D eigenvalue weighted by Crippen LogP contribution is -1.92. The number of rotatable bonds is 2. The van der Waals surface area contributed by atoms with E-state index < -0.39 is 5.82 Å². The fourth-order valence-corrected chi connectivity index (χ4v) is 2.17. The second-order valence-corrected chi connectivity index (χ2v) is 4.17. The van der Waals surface area contributed by atoms with Crippen LogP contribution in [-0.2, 0) is 0 Å². The van der Waals surface area contributed by atoms with Crippen LogP contribution in [0.3, 0.4) is 0 Å². The van der Waals surface area contributed by atoms with Crippen molar-refractivity contribution >= 4 is 5.65 Å². The van der Waals surface area contributed by atoms with Crippen molar-refractivity contribution in [2.45, 2.75) is 6.92 Å². The zero-order chi connectivity index (χ0) is 13.4. The van der Waals surface area contributed by atoms with Gasteiger partial charge >= 0.3 is 0 Å². The lowest BCUT2D eigenvalue weighted by Gasteiger charge is -2.06. The lowest BCUT2D eigenvalue weighted by atomic mass is 10.1. The summed E-state index contributed by atoms with van der Waals surface area (Å²) in [6.07, 6.45) is 3.45. The fraction of sp³-hybridized carbons (Fsp3) is 0.143. The van der Waals surface area contributed by atoms with Crippen molar-refractivity contribution in [3.8, 4) is 16.9 Å². The Morgan fingerprint density at radius 3 is 2.89 bits per heavy atom. The number of aromatic nitrogens is 3. The van der Waals surface area contributed by atoms with E-state index >= 15 is 0 Å². The van der Waals surface area contributed by atoms with Crippen molar-refractivity contribution in [1.29, 1.82) is 0 Å². The monoisotopic (exact) mass is 257 g/mol. The molecule has 2 aromatic heterocycles. The maximum absolute atomic E-state index is 14.4. The predicted molar refractivity (Wildman–Crippen MR) is 69.7 cm³/mol. The summed E-state index contributed by atoms with van der Waals surface area (Å²) in [7, 11) is 1.45. The van der Waals surface area contributed by atoms with Gasteiger partial charge in [-0.05, 0) is 19.1 Å². The minimum atomic E-state index is -0.395. The molecule has 0 aliphatic heterocycles. The number of hydrogen-bond donors (Lipinski definition) is 0. The Labute approximate surface area is 109 Å². The van der Waals surface area contributed by atoms with E-state index in [0.717, 1.165) is 5.69 Å². The number of halogens is 1. The molecule has 0 saturated heterocycles. The molecule has 96 valence electrons. The highest BCUT2D eigenvalue weighted by Crippen LogP contribution is 2.32. The van der Waals surface area contributed by atoms with Gasteiger partial charge in [0.05, 0.1) is 18.4 Å². The number of nitrogens with zero attached hydrogens (tertiary/aromatic N) is 3. The molecule has 0 radical (unpaired) electrons. The predicted octanol–water partition coefficient (Wildman–Crippen LogP) is 2.85. The first kappa shape index (κ1) is 11.6. The molecule has 2 heterocycles. The Morgan fingerprint density at radius 1 is 1.26 bits per heavy atom. The molecule has 0 spiro atoms. The number of methoxy groups -OCH3 is 1. The van der Waals surface area contributed by atoms with Crippen molar-refractivity contribution in [3.05, 3.63) is 48.2 Å². The average Bonchev–Trinajstić information content (AvgIpc) is 2.75. The highest BCUT2D eigenvalue weighted by atomic mass is 19.1. The van der Waals surface area contributed by atoms with Crippen LogP contribution in [0.4, 0.5) is 4.39 Å². The van der Waals surface area contributed by atoms with Crippen molar-refractivity contribution in [3.63, 3.8) is 0 Å². The molecule has 19 heavy (non-hydrogen) atoms. The zero-order valence-corrected chi connectivity index (χ0v) is 10.6. The summed E-state index contributed by atoms with van der Waals surface area (Å²) in [5, 5.41) is 4.33. The number of ether oxygens (including phenoxy) is 1. The van der Waals surface area contributed by atoms with Gasteiger partial charge < -0.3 is 4.74 Å². The van der Waals surface area contributed by atoms with Gasteiger partial charge in [0.25, 0.3) is 0 Å². The topological polar surface area (TPSA) is 39.4 Å². The molecule has 0 amide bonds. The molecule has 0 unspecified atom stereocenters. The van der Waals surface area contributed by atoms with Crippen LogP contribution in [-0.4, -0.2) is 21.7 Å². The van der Waals surface area contributed by atoms with E-state index in [1.165, 1.54) is 7.11 Å². The first-order valence-electron chi connectivity index (χ1n) is 5.85. The summed E-state index contributed by atoms with van der Waals surface area (Å²) >= 11 is 0. The maximum Gasteiger partial charge on any atom is 0.173 e. The van der Waals surface area contributed by atoms with E-state index in [2.05, 4.69) is 10.1 Å².